The number of likely N-dealkylation sites (tertiary alicyclic amines) is 1. The average Bonchev–Trinajstić information content (AvgIpc) is 2.38. The summed E-state index contributed by atoms with van der Waals surface area (Å²) in [6, 6.07) is 0. The molecular formula is C16H30N2O. The van der Waals surface area contributed by atoms with Gasteiger partial charge in [-0.05, 0) is 56.0 Å². The van der Waals surface area contributed by atoms with Crippen molar-refractivity contribution < 1.29 is 4.79 Å². The van der Waals surface area contributed by atoms with E-state index < -0.39 is 0 Å². The van der Waals surface area contributed by atoms with E-state index in [1.807, 2.05) is 0 Å². The predicted molar refractivity (Wildman–Crippen MR) is 79.0 cm³/mol. The molecular weight excluding hydrogens is 236 g/mol. The van der Waals surface area contributed by atoms with Crippen LogP contribution in [0.3, 0.4) is 0 Å². The van der Waals surface area contributed by atoms with Crippen LogP contribution in [0.15, 0.2) is 0 Å². The number of carbonyl (C=O) groups is 1. The van der Waals surface area contributed by atoms with Crippen LogP contribution in [0.4, 0.5) is 0 Å². The van der Waals surface area contributed by atoms with E-state index in [0.717, 1.165) is 38.5 Å². The highest BCUT2D eigenvalue weighted by molar-refractivity contribution is 5.76. The highest BCUT2D eigenvalue weighted by atomic mass is 16.2. The molecule has 0 aromatic carbocycles. The Morgan fingerprint density at radius 2 is 2.05 bits per heavy atom. The summed E-state index contributed by atoms with van der Waals surface area (Å²) in [7, 11) is 0. The summed E-state index contributed by atoms with van der Waals surface area (Å²) < 4.78 is 0. The highest BCUT2D eigenvalue weighted by Gasteiger charge is 2.30. The second-order valence-corrected chi connectivity index (χ2v) is 7.35. The molecule has 110 valence electrons. The molecule has 1 amide bonds. The lowest BCUT2D eigenvalue weighted by Gasteiger charge is -2.39. The molecule has 2 fully saturated rings. The van der Waals surface area contributed by atoms with Crippen LogP contribution in [0.2, 0.25) is 0 Å². The molecule has 0 saturated carbocycles. The van der Waals surface area contributed by atoms with Crippen molar-refractivity contribution in [2.75, 3.05) is 26.2 Å². The van der Waals surface area contributed by atoms with Gasteiger partial charge in [0, 0.05) is 19.5 Å². The summed E-state index contributed by atoms with van der Waals surface area (Å²) >= 11 is 0. The number of hydrogen-bond acceptors (Lipinski definition) is 2. The molecule has 1 N–H and O–H groups in total. The number of piperidine rings is 2. The maximum Gasteiger partial charge on any atom is 0.222 e. The average molecular weight is 266 g/mol. The first-order chi connectivity index (χ1) is 8.98. The zero-order valence-electron chi connectivity index (χ0n) is 12.9. The van der Waals surface area contributed by atoms with Gasteiger partial charge in [0.05, 0.1) is 0 Å². The molecule has 19 heavy (non-hydrogen) atoms. The van der Waals surface area contributed by atoms with E-state index in [1.165, 1.54) is 25.7 Å². The van der Waals surface area contributed by atoms with Gasteiger partial charge in [-0.1, -0.05) is 20.8 Å². The van der Waals surface area contributed by atoms with Gasteiger partial charge in [0.25, 0.3) is 0 Å². The van der Waals surface area contributed by atoms with E-state index in [4.69, 9.17) is 0 Å². The number of hydrogen-bond donors (Lipinski definition) is 1. The third-order valence-corrected chi connectivity index (χ3v) is 4.94. The topological polar surface area (TPSA) is 32.3 Å². The van der Waals surface area contributed by atoms with Crippen LogP contribution in [0.5, 0.6) is 0 Å². The Kier molecular flexibility index (Phi) is 4.88. The maximum atomic E-state index is 12.4. The minimum absolute atomic E-state index is 0.311. The molecule has 0 aliphatic carbocycles. The van der Waals surface area contributed by atoms with Gasteiger partial charge in [-0.15, -0.1) is 0 Å². The summed E-state index contributed by atoms with van der Waals surface area (Å²) in [5.41, 5.74) is 0.311. The van der Waals surface area contributed by atoms with Crippen LogP contribution in [0.25, 0.3) is 0 Å². The minimum atomic E-state index is 0.311. The zero-order valence-corrected chi connectivity index (χ0v) is 12.9. The summed E-state index contributed by atoms with van der Waals surface area (Å²) in [5, 5.41) is 3.40. The first-order valence-electron chi connectivity index (χ1n) is 7.96. The van der Waals surface area contributed by atoms with E-state index in [1.54, 1.807) is 0 Å². The Balaban J connectivity index is 1.82. The fourth-order valence-electron chi connectivity index (χ4n) is 3.62. The third-order valence-electron chi connectivity index (χ3n) is 4.94. The van der Waals surface area contributed by atoms with Gasteiger partial charge in [-0.3, -0.25) is 4.79 Å². The molecule has 3 nitrogen and oxygen atoms in total. The van der Waals surface area contributed by atoms with Crippen LogP contribution in [0, 0.1) is 17.3 Å². The molecule has 1 unspecified atom stereocenters. The van der Waals surface area contributed by atoms with Gasteiger partial charge >= 0.3 is 0 Å². The molecule has 0 radical (unpaired) electrons. The van der Waals surface area contributed by atoms with Gasteiger partial charge in [-0.2, -0.15) is 0 Å². The number of nitrogens with zero attached hydrogens (tertiary/aromatic N) is 1. The third kappa shape index (κ3) is 4.20. The van der Waals surface area contributed by atoms with Crippen molar-refractivity contribution in [1.82, 2.24) is 10.2 Å². The van der Waals surface area contributed by atoms with Crippen molar-refractivity contribution in [3.63, 3.8) is 0 Å². The molecule has 2 aliphatic heterocycles. The van der Waals surface area contributed by atoms with E-state index in [-0.39, 0.29) is 0 Å². The molecule has 0 bridgehead atoms. The van der Waals surface area contributed by atoms with Crippen LogP contribution in [-0.2, 0) is 4.79 Å². The fraction of sp³-hybridized carbons (Fsp3) is 0.938. The van der Waals surface area contributed by atoms with Crippen molar-refractivity contribution >= 4 is 5.91 Å². The Bertz CT molecular complexity index is 308. The molecule has 2 rings (SSSR count). The second kappa shape index (κ2) is 6.25. The van der Waals surface area contributed by atoms with E-state index in [0.29, 0.717) is 17.2 Å². The highest BCUT2D eigenvalue weighted by Crippen LogP contribution is 2.30. The molecule has 0 spiro atoms. The number of nitrogens with one attached hydrogen (secondary N) is 1. The van der Waals surface area contributed by atoms with Gasteiger partial charge in [0.2, 0.25) is 5.91 Å². The molecule has 1 atom stereocenters. The van der Waals surface area contributed by atoms with Gasteiger partial charge in [0.1, 0.15) is 0 Å². The van der Waals surface area contributed by atoms with Gasteiger partial charge in [0.15, 0.2) is 0 Å². The van der Waals surface area contributed by atoms with Crippen molar-refractivity contribution in [3.8, 4) is 0 Å². The van der Waals surface area contributed by atoms with E-state index >= 15 is 0 Å². The van der Waals surface area contributed by atoms with Crippen molar-refractivity contribution in [2.24, 2.45) is 17.3 Å². The number of rotatable bonds is 3. The summed E-state index contributed by atoms with van der Waals surface area (Å²) in [5.74, 6) is 1.67. The second-order valence-electron chi connectivity index (χ2n) is 7.35. The quantitative estimate of drug-likeness (QED) is 0.852. The standard InChI is InChI=1S/C16H30N2O/c1-13(14-5-8-17-9-6-14)11-15(19)18-10-4-7-16(2,3)12-18/h13-14,17H,4-12H2,1-3H3. The molecule has 0 aromatic rings. The van der Waals surface area contributed by atoms with E-state index in [9.17, 15) is 4.79 Å². The normalized spacial score (nSPS) is 26.2. The smallest absolute Gasteiger partial charge is 0.222 e. The summed E-state index contributed by atoms with van der Waals surface area (Å²) in [6.45, 7) is 11.0. The largest absolute Gasteiger partial charge is 0.342 e. The fourth-order valence-corrected chi connectivity index (χ4v) is 3.62. The Morgan fingerprint density at radius 3 is 2.68 bits per heavy atom. The number of carbonyl (C=O) groups excluding carboxylic acids is 1. The predicted octanol–water partition coefficient (Wildman–Crippen LogP) is 2.66. The molecule has 2 aliphatic rings. The van der Waals surface area contributed by atoms with Crippen LogP contribution >= 0.6 is 0 Å². The van der Waals surface area contributed by atoms with Crippen LogP contribution in [0.1, 0.15) is 52.9 Å². The molecule has 2 saturated heterocycles. The number of amides is 1. The maximum absolute atomic E-state index is 12.4. The Hall–Kier alpha value is -0.570. The van der Waals surface area contributed by atoms with Crippen LogP contribution < -0.4 is 5.32 Å². The summed E-state index contributed by atoms with van der Waals surface area (Å²) in [4.78, 5) is 14.6. The monoisotopic (exact) mass is 266 g/mol. The molecule has 2 heterocycles. The van der Waals surface area contributed by atoms with Crippen molar-refractivity contribution in [2.45, 2.75) is 52.9 Å². The SMILES string of the molecule is CC(CC(=O)N1CCCC(C)(C)C1)C1CCNCC1. The van der Waals surface area contributed by atoms with Gasteiger partial charge in [-0.25, -0.2) is 0 Å². The Morgan fingerprint density at radius 1 is 1.37 bits per heavy atom. The lowest BCUT2D eigenvalue weighted by Crippen LogP contribution is -2.44. The van der Waals surface area contributed by atoms with Crippen LogP contribution in [-0.4, -0.2) is 37.0 Å². The minimum Gasteiger partial charge on any atom is -0.342 e. The first-order valence-corrected chi connectivity index (χ1v) is 7.96. The van der Waals surface area contributed by atoms with Gasteiger partial charge < -0.3 is 10.2 Å². The summed E-state index contributed by atoms with van der Waals surface area (Å²) in [6.07, 6.45) is 5.64. The zero-order chi connectivity index (χ0) is 13.9. The Labute approximate surface area is 118 Å². The molecule has 3 heteroatoms. The van der Waals surface area contributed by atoms with Crippen molar-refractivity contribution in [1.29, 1.82) is 0 Å². The lowest BCUT2D eigenvalue weighted by atomic mass is 9.82. The van der Waals surface area contributed by atoms with E-state index in [2.05, 4.69) is 31.0 Å². The molecule has 0 aromatic heterocycles. The van der Waals surface area contributed by atoms with Crippen molar-refractivity contribution in [3.05, 3.63) is 0 Å². The lowest BCUT2D eigenvalue weighted by molar-refractivity contribution is -0.135. The first kappa shape index (κ1) is 14.8.